The number of aliphatic hydroxyl groups excluding tert-OH is 1. The van der Waals surface area contributed by atoms with Gasteiger partial charge in [0.25, 0.3) is 0 Å². The third kappa shape index (κ3) is 4.12. The van der Waals surface area contributed by atoms with E-state index in [0.717, 1.165) is 23.9 Å². The predicted molar refractivity (Wildman–Crippen MR) is 64.4 cm³/mol. The number of anilines is 1. The molecular weight excluding hydrogens is 204 g/mol. The zero-order chi connectivity index (χ0) is 12.0. The van der Waals surface area contributed by atoms with Gasteiger partial charge in [-0.25, -0.2) is 9.97 Å². The van der Waals surface area contributed by atoms with Crippen LogP contribution in [0.1, 0.15) is 18.4 Å². The van der Waals surface area contributed by atoms with E-state index in [1.165, 1.54) is 0 Å². The van der Waals surface area contributed by atoms with Gasteiger partial charge >= 0.3 is 0 Å². The van der Waals surface area contributed by atoms with E-state index in [2.05, 4.69) is 15.3 Å². The fourth-order valence-electron chi connectivity index (χ4n) is 1.46. The molecule has 0 saturated carbocycles. The summed E-state index contributed by atoms with van der Waals surface area (Å²) in [6.45, 7) is 6.28. The van der Waals surface area contributed by atoms with Crippen molar-refractivity contribution in [3.8, 4) is 0 Å². The van der Waals surface area contributed by atoms with Crippen LogP contribution in [0.4, 0.5) is 5.82 Å². The first-order valence-electron chi connectivity index (χ1n) is 5.53. The van der Waals surface area contributed by atoms with Crippen LogP contribution in [0.5, 0.6) is 0 Å². The topological polar surface area (TPSA) is 61.3 Å². The summed E-state index contributed by atoms with van der Waals surface area (Å²) < 4.78 is 0. The largest absolute Gasteiger partial charge is 0.395 e. The van der Waals surface area contributed by atoms with Gasteiger partial charge in [0.1, 0.15) is 11.6 Å². The Balaban J connectivity index is 2.71. The van der Waals surface area contributed by atoms with Crippen LogP contribution in [0, 0.1) is 6.92 Å². The van der Waals surface area contributed by atoms with Crippen LogP contribution in [-0.4, -0.2) is 46.7 Å². The Morgan fingerprint density at radius 1 is 1.44 bits per heavy atom. The molecule has 0 atom stereocenters. The number of nitrogens with one attached hydrogen (secondary N) is 1. The molecule has 1 aromatic heterocycles. The van der Waals surface area contributed by atoms with Crippen molar-refractivity contribution in [2.45, 2.75) is 20.4 Å². The van der Waals surface area contributed by atoms with Crippen LogP contribution >= 0.6 is 0 Å². The molecule has 5 heteroatoms. The molecule has 1 rings (SSSR count). The molecule has 90 valence electrons. The van der Waals surface area contributed by atoms with Gasteiger partial charge in [-0.1, -0.05) is 0 Å². The molecule has 0 unspecified atom stereocenters. The van der Waals surface area contributed by atoms with Gasteiger partial charge in [0, 0.05) is 24.8 Å². The van der Waals surface area contributed by atoms with Gasteiger partial charge in [0.05, 0.1) is 13.2 Å². The summed E-state index contributed by atoms with van der Waals surface area (Å²) in [5.74, 6) is 1.65. The molecule has 1 aromatic rings. The van der Waals surface area contributed by atoms with E-state index in [1.807, 2.05) is 31.9 Å². The summed E-state index contributed by atoms with van der Waals surface area (Å²) in [6, 6.07) is 1.93. The van der Waals surface area contributed by atoms with Crippen LogP contribution in [0.25, 0.3) is 0 Å². The molecule has 0 aliphatic heterocycles. The molecule has 0 amide bonds. The molecule has 0 fully saturated rings. The minimum Gasteiger partial charge on any atom is -0.395 e. The van der Waals surface area contributed by atoms with Crippen molar-refractivity contribution in [1.82, 2.24) is 14.9 Å². The Labute approximate surface area is 96.5 Å². The standard InChI is InChI=1S/C11H20N4O/c1-4-12-10-7-9(2)13-11(14-10)8-15(3)5-6-16/h7,16H,4-6,8H2,1-3H3,(H,12,13,14). The van der Waals surface area contributed by atoms with Crippen LogP contribution in [0.2, 0.25) is 0 Å². The zero-order valence-corrected chi connectivity index (χ0v) is 10.2. The third-order valence-electron chi connectivity index (χ3n) is 2.15. The Kier molecular flexibility index (Phi) is 5.14. The number of hydrogen-bond acceptors (Lipinski definition) is 5. The lowest BCUT2D eigenvalue weighted by atomic mass is 10.4. The van der Waals surface area contributed by atoms with E-state index in [9.17, 15) is 0 Å². The summed E-state index contributed by atoms with van der Waals surface area (Å²) in [4.78, 5) is 10.8. The summed E-state index contributed by atoms with van der Waals surface area (Å²) in [6.07, 6.45) is 0. The van der Waals surface area contributed by atoms with E-state index < -0.39 is 0 Å². The number of aliphatic hydroxyl groups is 1. The maximum Gasteiger partial charge on any atom is 0.144 e. The molecule has 0 aliphatic carbocycles. The number of rotatable bonds is 6. The highest BCUT2D eigenvalue weighted by Gasteiger charge is 2.04. The Morgan fingerprint density at radius 3 is 2.81 bits per heavy atom. The number of aryl methyl sites for hydroxylation is 1. The maximum absolute atomic E-state index is 8.81. The van der Waals surface area contributed by atoms with Crippen molar-refractivity contribution in [2.75, 3.05) is 32.1 Å². The average Bonchev–Trinajstić information content (AvgIpc) is 2.17. The molecule has 0 bridgehead atoms. The highest BCUT2D eigenvalue weighted by Crippen LogP contribution is 2.07. The third-order valence-corrected chi connectivity index (χ3v) is 2.15. The lowest BCUT2D eigenvalue weighted by Gasteiger charge is -2.14. The molecule has 0 spiro atoms. The summed E-state index contributed by atoms with van der Waals surface area (Å²) in [5.41, 5.74) is 0.957. The van der Waals surface area contributed by atoms with Gasteiger partial charge < -0.3 is 10.4 Å². The van der Waals surface area contributed by atoms with Crippen molar-refractivity contribution in [3.63, 3.8) is 0 Å². The predicted octanol–water partition coefficient (Wildman–Crippen LogP) is 0.641. The van der Waals surface area contributed by atoms with Crippen LogP contribution in [-0.2, 0) is 6.54 Å². The van der Waals surface area contributed by atoms with Crippen molar-refractivity contribution in [1.29, 1.82) is 0 Å². The molecule has 5 nitrogen and oxygen atoms in total. The van der Waals surface area contributed by atoms with Crippen molar-refractivity contribution < 1.29 is 5.11 Å². The van der Waals surface area contributed by atoms with Crippen molar-refractivity contribution >= 4 is 5.82 Å². The fourth-order valence-corrected chi connectivity index (χ4v) is 1.46. The molecule has 0 radical (unpaired) electrons. The monoisotopic (exact) mass is 224 g/mol. The highest BCUT2D eigenvalue weighted by atomic mass is 16.3. The number of nitrogens with zero attached hydrogens (tertiary/aromatic N) is 3. The van der Waals surface area contributed by atoms with E-state index in [0.29, 0.717) is 13.1 Å². The van der Waals surface area contributed by atoms with Crippen molar-refractivity contribution in [2.24, 2.45) is 0 Å². The first-order chi connectivity index (χ1) is 7.65. The Morgan fingerprint density at radius 2 is 2.19 bits per heavy atom. The van der Waals surface area contributed by atoms with Gasteiger partial charge in [0.15, 0.2) is 0 Å². The molecule has 0 saturated heterocycles. The Bertz CT molecular complexity index is 330. The first-order valence-corrected chi connectivity index (χ1v) is 5.53. The second-order valence-electron chi connectivity index (χ2n) is 3.80. The smallest absolute Gasteiger partial charge is 0.144 e. The van der Waals surface area contributed by atoms with Crippen LogP contribution in [0.3, 0.4) is 0 Å². The molecule has 0 aromatic carbocycles. The second-order valence-corrected chi connectivity index (χ2v) is 3.80. The summed E-state index contributed by atoms with van der Waals surface area (Å²) in [7, 11) is 1.94. The first kappa shape index (κ1) is 12.9. The minimum atomic E-state index is 0.155. The Hall–Kier alpha value is -1.20. The lowest BCUT2D eigenvalue weighted by molar-refractivity contribution is 0.214. The zero-order valence-electron chi connectivity index (χ0n) is 10.2. The molecule has 0 aliphatic rings. The van der Waals surface area contributed by atoms with Gasteiger partial charge in [-0.3, -0.25) is 4.90 Å². The van der Waals surface area contributed by atoms with E-state index in [1.54, 1.807) is 0 Å². The second kappa shape index (κ2) is 6.40. The van der Waals surface area contributed by atoms with Crippen LogP contribution in [0.15, 0.2) is 6.07 Å². The fraction of sp³-hybridized carbons (Fsp3) is 0.636. The maximum atomic E-state index is 8.81. The van der Waals surface area contributed by atoms with E-state index >= 15 is 0 Å². The van der Waals surface area contributed by atoms with Gasteiger partial charge in [-0.2, -0.15) is 0 Å². The molecule has 2 N–H and O–H groups in total. The summed E-state index contributed by atoms with van der Waals surface area (Å²) in [5, 5.41) is 12.0. The van der Waals surface area contributed by atoms with Gasteiger partial charge in [-0.15, -0.1) is 0 Å². The number of likely N-dealkylation sites (N-methyl/N-ethyl adjacent to an activating group) is 1. The van der Waals surface area contributed by atoms with Gasteiger partial charge in [-0.05, 0) is 20.9 Å². The number of hydrogen-bond donors (Lipinski definition) is 2. The van der Waals surface area contributed by atoms with Crippen LogP contribution < -0.4 is 5.32 Å². The average molecular weight is 224 g/mol. The number of aromatic nitrogens is 2. The molecule has 1 heterocycles. The molecular formula is C11H20N4O. The highest BCUT2D eigenvalue weighted by molar-refractivity contribution is 5.35. The SMILES string of the molecule is CCNc1cc(C)nc(CN(C)CCO)n1. The molecule has 16 heavy (non-hydrogen) atoms. The van der Waals surface area contributed by atoms with Crippen molar-refractivity contribution in [3.05, 3.63) is 17.6 Å². The summed E-state index contributed by atoms with van der Waals surface area (Å²) >= 11 is 0. The van der Waals surface area contributed by atoms with E-state index in [-0.39, 0.29) is 6.61 Å². The van der Waals surface area contributed by atoms with Gasteiger partial charge in [0.2, 0.25) is 0 Å². The van der Waals surface area contributed by atoms with E-state index in [4.69, 9.17) is 5.11 Å². The quantitative estimate of drug-likeness (QED) is 0.742. The normalized spacial score (nSPS) is 10.8. The minimum absolute atomic E-state index is 0.155. The lowest BCUT2D eigenvalue weighted by Crippen LogP contribution is -2.23.